The summed E-state index contributed by atoms with van der Waals surface area (Å²) in [4.78, 5) is 2.41. The number of aromatic nitrogens is 2. The van der Waals surface area contributed by atoms with Gasteiger partial charge in [0, 0.05) is 24.7 Å². The first-order chi connectivity index (χ1) is 12.9. The van der Waals surface area contributed by atoms with Crippen molar-refractivity contribution in [3.8, 4) is 17.2 Å². The van der Waals surface area contributed by atoms with Crippen molar-refractivity contribution in [3.63, 3.8) is 0 Å². The highest BCUT2D eigenvalue weighted by Crippen LogP contribution is 2.36. The first kappa shape index (κ1) is 17.4. The number of anilines is 1. The predicted molar refractivity (Wildman–Crippen MR) is 104 cm³/mol. The van der Waals surface area contributed by atoms with Gasteiger partial charge in [-0.05, 0) is 48.2 Å². The van der Waals surface area contributed by atoms with E-state index < -0.39 is 9.84 Å². The van der Waals surface area contributed by atoms with Crippen LogP contribution in [0, 0.1) is 11.3 Å². The Morgan fingerprint density at radius 2 is 1.74 bits per heavy atom. The molecule has 0 saturated heterocycles. The molecule has 27 heavy (non-hydrogen) atoms. The van der Waals surface area contributed by atoms with Gasteiger partial charge in [0.15, 0.2) is 15.5 Å². The number of benzene rings is 2. The van der Waals surface area contributed by atoms with E-state index in [9.17, 15) is 13.7 Å². The number of fused-ring (bicyclic) bond motifs is 1. The second kappa shape index (κ2) is 6.32. The summed E-state index contributed by atoms with van der Waals surface area (Å²) in [5, 5.41) is 18.6. The third kappa shape index (κ3) is 3.24. The molecular weight excluding hydrogens is 360 g/mol. The topological polar surface area (TPSA) is 86.9 Å². The highest BCUT2D eigenvalue weighted by Gasteiger charge is 2.29. The Bertz CT molecular complexity index is 1180. The molecule has 1 aliphatic rings. The van der Waals surface area contributed by atoms with Crippen molar-refractivity contribution in [2.75, 3.05) is 18.2 Å². The summed E-state index contributed by atoms with van der Waals surface area (Å²) in [6, 6.07) is 15.2. The van der Waals surface area contributed by atoms with Gasteiger partial charge in [0.1, 0.15) is 6.07 Å². The maximum absolute atomic E-state index is 11.6. The molecule has 0 aliphatic heterocycles. The van der Waals surface area contributed by atoms with Crippen LogP contribution < -0.4 is 4.90 Å². The fourth-order valence-corrected chi connectivity index (χ4v) is 3.87. The lowest BCUT2D eigenvalue weighted by atomic mass is 10.0. The second-order valence-corrected chi connectivity index (χ2v) is 8.90. The summed E-state index contributed by atoms with van der Waals surface area (Å²) in [6.07, 6.45) is 3.43. The predicted octanol–water partition coefficient (Wildman–Crippen LogP) is 3.17. The lowest BCUT2D eigenvalue weighted by molar-refractivity contribution is 0.602. The maximum atomic E-state index is 11.6. The van der Waals surface area contributed by atoms with Crippen molar-refractivity contribution in [3.05, 3.63) is 48.2 Å². The Balaban J connectivity index is 1.80. The zero-order valence-electron chi connectivity index (χ0n) is 15.0. The van der Waals surface area contributed by atoms with Crippen LogP contribution in [0.3, 0.4) is 0 Å². The van der Waals surface area contributed by atoms with Crippen LogP contribution >= 0.6 is 0 Å². The summed E-state index contributed by atoms with van der Waals surface area (Å²) in [5.74, 6) is 0. The average molecular weight is 378 g/mol. The Hall–Kier alpha value is -2.98. The minimum Gasteiger partial charge on any atom is -0.369 e. The Morgan fingerprint density at radius 3 is 2.33 bits per heavy atom. The van der Waals surface area contributed by atoms with Crippen molar-refractivity contribution in [1.82, 2.24) is 10.2 Å². The molecule has 1 aromatic heterocycles. The molecule has 3 aromatic rings. The van der Waals surface area contributed by atoms with Crippen LogP contribution in [0.4, 0.5) is 5.69 Å². The largest absolute Gasteiger partial charge is 0.369 e. The molecule has 6 nitrogen and oxygen atoms in total. The van der Waals surface area contributed by atoms with E-state index in [1.54, 1.807) is 24.3 Å². The SMILES string of the molecule is CN(c1c(C#N)nnc2cc(-c3ccc(S(C)(=O)=O)cc3)ccc12)C1CC1. The molecule has 1 saturated carbocycles. The van der Waals surface area contributed by atoms with Gasteiger partial charge in [0.05, 0.1) is 16.1 Å². The fraction of sp³-hybridized carbons (Fsp3) is 0.250. The van der Waals surface area contributed by atoms with E-state index in [-0.39, 0.29) is 0 Å². The molecular formula is C20H18N4O2S. The van der Waals surface area contributed by atoms with Gasteiger partial charge in [-0.25, -0.2) is 8.42 Å². The lowest BCUT2D eigenvalue weighted by Gasteiger charge is -2.21. The normalized spacial score (nSPS) is 14.1. The molecule has 0 radical (unpaired) electrons. The monoisotopic (exact) mass is 378 g/mol. The van der Waals surface area contributed by atoms with Crippen molar-refractivity contribution in [2.45, 2.75) is 23.8 Å². The zero-order valence-corrected chi connectivity index (χ0v) is 15.9. The summed E-state index contributed by atoms with van der Waals surface area (Å²) >= 11 is 0. The smallest absolute Gasteiger partial charge is 0.186 e. The molecule has 1 aliphatic carbocycles. The van der Waals surface area contributed by atoms with E-state index in [1.807, 2.05) is 25.2 Å². The van der Waals surface area contributed by atoms with Crippen LogP contribution in [0.1, 0.15) is 18.5 Å². The van der Waals surface area contributed by atoms with E-state index in [0.29, 0.717) is 22.1 Å². The summed E-state index contributed by atoms with van der Waals surface area (Å²) in [6.45, 7) is 0. The highest BCUT2D eigenvalue weighted by molar-refractivity contribution is 7.90. The first-order valence-corrected chi connectivity index (χ1v) is 10.5. The molecule has 0 bridgehead atoms. The molecule has 1 fully saturated rings. The Kier molecular flexibility index (Phi) is 4.08. The van der Waals surface area contributed by atoms with Gasteiger partial charge >= 0.3 is 0 Å². The van der Waals surface area contributed by atoms with E-state index in [1.165, 1.54) is 6.26 Å². The summed E-state index contributed by atoms with van der Waals surface area (Å²) in [7, 11) is -1.23. The third-order valence-electron chi connectivity index (χ3n) is 4.90. The van der Waals surface area contributed by atoms with Crippen LogP contribution in [0.5, 0.6) is 0 Å². The van der Waals surface area contributed by atoms with Gasteiger partial charge < -0.3 is 4.90 Å². The highest BCUT2D eigenvalue weighted by atomic mass is 32.2. The number of rotatable bonds is 4. The number of nitrogens with zero attached hydrogens (tertiary/aromatic N) is 4. The Labute approximate surface area is 158 Å². The van der Waals surface area contributed by atoms with Crippen LogP contribution in [0.25, 0.3) is 22.0 Å². The van der Waals surface area contributed by atoms with E-state index in [4.69, 9.17) is 0 Å². The summed E-state index contributed by atoms with van der Waals surface area (Å²) < 4.78 is 23.3. The molecule has 0 atom stereocenters. The molecule has 2 aromatic carbocycles. The van der Waals surface area contributed by atoms with Gasteiger partial charge in [-0.2, -0.15) is 5.26 Å². The van der Waals surface area contributed by atoms with Gasteiger partial charge in [-0.15, -0.1) is 10.2 Å². The number of nitriles is 1. The minimum atomic E-state index is -3.22. The molecule has 0 spiro atoms. The molecule has 0 amide bonds. The van der Waals surface area contributed by atoms with E-state index in [0.717, 1.165) is 35.0 Å². The molecule has 0 unspecified atom stereocenters. The van der Waals surface area contributed by atoms with Gasteiger partial charge in [0.25, 0.3) is 0 Å². The molecule has 7 heteroatoms. The second-order valence-electron chi connectivity index (χ2n) is 6.88. The first-order valence-electron chi connectivity index (χ1n) is 8.62. The maximum Gasteiger partial charge on any atom is 0.186 e. The minimum absolute atomic E-state index is 0.291. The van der Waals surface area contributed by atoms with Crippen LogP contribution in [0.2, 0.25) is 0 Å². The molecule has 0 N–H and O–H groups in total. The Morgan fingerprint density at radius 1 is 1.07 bits per heavy atom. The lowest BCUT2D eigenvalue weighted by Crippen LogP contribution is -2.21. The summed E-state index contributed by atoms with van der Waals surface area (Å²) in [5.41, 5.74) is 3.68. The number of hydrogen-bond donors (Lipinski definition) is 0. The third-order valence-corrected chi connectivity index (χ3v) is 6.03. The van der Waals surface area contributed by atoms with Gasteiger partial charge in [0.2, 0.25) is 0 Å². The van der Waals surface area contributed by atoms with Crippen molar-refractivity contribution in [2.24, 2.45) is 0 Å². The van der Waals surface area contributed by atoms with Crippen molar-refractivity contribution < 1.29 is 8.42 Å². The fourth-order valence-electron chi connectivity index (χ4n) is 3.24. The molecule has 1 heterocycles. The standard InChI is InChI=1S/C20H18N4O2S/c1-24(15-6-7-15)20-17-10-5-14(11-18(17)22-23-19(20)12-21)13-3-8-16(9-4-13)27(2,25)26/h3-5,8-11,15H,6-7H2,1-2H3. The quantitative estimate of drug-likeness (QED) is 0.693. The van der Waals surface area contributed by atoms with Crippen molar-refractivity contribution in [1.29, 1.82) is 5.26 Å². The zero-order chi connectivity index (χ0) is 19.2. The van der Waals surface area contributed by atoms with Crippen LogP contribution in [-0.2, 0) is 9.84 Å². The average Bonchev–Trinajstić information content (AvgIpc) is 3.50. The van der Waals surface area contributed by atoms with E-state index >= 15 is 0 Å². The number of sulfone groups is 1. The van der Waals surface area contributed by atoms with Gasteiger partial charge in [-0.1, -0.05) is 18.2 Å². The van der Waals surface area contributed by atoms with Crippen molar-refractivity contribution >= 4 is 26.4 Å². The van der Waals surface area contributed by atoms with Crippen LogP contribution in [0.15, 0.2) is 47.4 Å². The van der Waals surface area contributed by atoms with Crippen LogP contribution in [-0.4, -0.2) is 38.0 Å². The van der Waals surface area contributed by atoms with E-state index in [2.05, 4.69) is 21.2 Å². The molecule has 136 valence electrons. The number of hydrogen-bond acceptors (Lipinski definition) is 6. The van der Waals surface area contributed by atoms with Gasteiger partial charge in [-0.3, -0.25) is 0 Å². The molecule has 4 rings (SSSR count).